The van der Waals surface area contributed by atoms with Crippen LogP contribution in [0.15, 0.2) is 59.5 Å². The van der Waals surface area contributed by atoms with Crippen LogP contribution in [0.5, 0.6) is 0 Å². The Balaban J connectivity index is 1.54. The van der Waals surface area contributed by atoms with Gasteiger partial charge in [-0.2, -0.15) is 4.31 Å². The Morgan fingerprint density at radius 3 is 2.52 bits per heavy atom. The lowest BCUT2D eigenvalue weighted by Gasteiger charge is -2.31. The molecule has 2 aromatic rings. The van der Waals surface area contributed by atoms with Crippen molar-refractivity contribution < 1.29 is 13.2 Å². The minimum Gasteiger partial charge on any atom is -0.373 e. The smallest absolute Gasteiger partial charge is 0.243 e. The average Bonchev–Trinajstić information content (AvgIpc) is 2.74. The van der Waals surface area contributed by atoms with Crippen molar-refractivity contribution in [3.8, 4) is 0 Å². The molecule has 29 heavy (non-hydrogen) atoms. The first kappa shape index (κ1) is 21.3. The molecule has 1 heterocycles. The molecule has 6 nitrogen and oxygen atoms in total. The summed E-state index contributed by atoms with van der Waals surface area (Å²) in [5, 5.41) is 2.97. The third-order valence-electron chi connectivity index (χ3n) is 5.36. The van der Waals surface area contributed by atoms with Gasteiger partial charge in [0.25, 0.3) is 0 Å². The summed E-state index contributed by atoms with van der Waals surface area (Å²) in [6.45, 7) is 3.82. The van der Waals surface area contributed by atoms with Gasteiger partial charge in [0.15, 0.2) is 0 Å². The molecule has 1 fully saturated rings. The zero-order valence-corrected chi connectivity index (χ0v) is 17.9. The number of likely N-dealkylation sites (N-methyl/N-ethyl adjacent to an activating group) is 1. The zero-order valence-electron chi connectivity index (χ0n) is 17.0. The third-order valence-corrected chi connectivity index (χ3v) is 7.24. The molecule has 1 N–H and O–H groups in total. The fraction of sp³-hybridized carbons (Fsp3) is 0.409. The second-order valence-corrected chi connectivity index (χ2v) is 9.50. The molecule has 3 rings (SSSR count). The van der Waals surface area contributed by atoms with Gasteiger partial charge in [0.1, 0.15) is 0 Å². The van der Waals surface area contributed by atoms with Gasteiger partial charge in [-0.25, -0.2) is 8.42 Å². The summed E-state index contributed by atoms with van der Waals surface area (Å²) < 4.78 is 27.3. The topological polar surface area (TPSA) is 69.7 Å². The second kappa shape index (κ2) is 9.41. The van der Waals surface area contributed by atoms with E-state index in [4.69, 9.17) is 0 Å². The number of para-hydroxylation sites is 1. The van der Waals surface area contributed by atoms with Crippen molar-refractivity contribution in [3.05, 3.63) is 60.2 Å². The lowest BCUT2D eigenvalue weighted by Crippen LogP contribution is -2.46. The Morgan fingerprint density at radius 2 is 1.83 bits per heavy atom. The van der Waals surface area contributed by atoms with Gasteiger partial charge in [0.05, 0.1) is 10.8 Å². The highest BCUT2D eigenvalue weighted by Crippen LogP contribution is 2.24. The van der Waals surface area contributed by atoms with Gasteiger partial charge in [-0.1, -0.05) is 35.9 Å². The van der Waals surface area contributed by atoms with Gasteiger partial charge in [0.2, 0.25) is 15.9 Å². The summed E-state index contributed by atoms with van der Waals surface area (Å²) in [6.07, 6.45) is 1.40. The van der Waals surface area contributed by atoms with E-state index in [0.29, 0.717) is 32.5 Å². The Morgan fingerprint density at radius 1 is 1.14 bits per heavy atom. The Labute approximate surface area is 173 Å². The Kier molecular flexibility index (Phi) is 6.92. The van der Waals surface area contributed by atoms with Crippen LogP contribution in [0.1, 0.15) is 18.4 Å². The Bertz CT molecular complexity index is 914. The summed E-state index contributed by atoms with van der Waals surface area (Å²) in [5.74, 6) is -0.388. The summed E-state index contributed by atoms with van der Waals surface area (Å²) >= 11 is 0. The minimum atomic E-state index is -3.57. The standard InChI is InChI=1S/C22H29N3O3S/c1-18-10-12-21(13-11-18)29(27,28)25-15-6-7-19(17-25)22(26)23-14-16-24(2)20-8-4-3-5-9-20/h3-5,8-13,19H,6-7,14-17H2,1-2H3,(H,23,26)/t19-/m0/s1. The van der Waals surface area contributed by atoms with Crippen LogP contribution in [0.25, 0.3) is 0 Å². The van der Waals surface area contributed by atoms with Gasteiger partial charge in [-0.3, -0.25) is 4.79 Å². The number of nitrogens with one attached hydrogen (secondary N) is 1. The first-order chi connectivity index (χ1) is 13.9. The van der Waals surface area contributed by atoms with E-state index < -0.39 is 10.0 Å². The monoisotopic (exact) mass is 415 g/mol. The van der Waals surface area contributed by atoms with Crippen molar-refractivity contribution in [2.24, 2.45) is 5.92 Å². The maximum absolute atomic E-state index is 12.9. The molecular weight excluding hydrogens is 386 g/mol. The number of hydrogen-bond acceptors (Lipinski definition) is 4. The zero-order chi connectivity index (χ0) is 20.9. The van der Waals surface area contributed by atoms with Crippen molar-refractivity contribution in [3.63, 3.8) is 0 Å². The van der Waals surface area contributed by atoms with E-state index in [1.807, 2.05) is 44.3 Å². The van der Waals surface area contributed by atoms with Crippen molar-refractivity contribution >= 4 is 21.6 Å². The molecule has 1 atom stereocenters. The van der Waals surface area contributed by atoms with E-state index in [-0.39, 0.29) is 23.3 Å². The molecule has 0 aromatic heterocycles. The van der Waals surface area contributed by atoms with Gasteiger partial charge in [-0.15, -0.1) is 0 Å². The number of aryl methyl sites for hydroxylation is 1. The minimum absolute atomic E-state index is 0.0738. The number of rotatable bonds is 7. The fourth-order valence-corrected chi connectivity index (χ4v) is 5.06. The molecule has 1 aliphatic rings. The van der Waals surface area contributed by atoms with Crippen LogP contribution in [0.2, 0.25) is 0 Å². The highest BCUT2D eigenvalue weighted by atomic mass is 32.2. The van der Waals surface area contributed by atoms with Crippen LogP contribution in [-0.4, -0.2) is 51.9 Å². The van der Waals surface area contributed by atoms with Crippen LogP contribution in [0, 0.1) is 12.8 Å². The summed E-state index contributed by atoms with van der Waals surface area (Å²) in [7, 11) is -1.59. The van der Waals surface area contributed by atoms with Crippen molar-refractivity contribution in [2.75, 3.05) is 38.1 Å². The van der Waals surface area contributed by atoms with Crippen LogP contribution in [0.4, 0.5) is 5.69 Å². The summed E-state index contributed by atoms with van der Waals surface area (Å²) in [5.41, 5.74) is 2.11. The fourth-order valence-electron chi connectivity index (χ4n) is 3.54. The maximum Gasteiger partial charge on any atom is 0.243 e. The van der Waals surface area contributed by atoms with E-state index in [9.17, 15) is 13.2 Å². The largest absolute Gasteiger partial charge is 0.373 e. The predicted octanol–water partition coefficient (Wildman–Crippen LogP) is 2.65. The molecule has 7 heteroatoms. The number of carbonyl (C=O) groups is 1. The molecule has 1 aliphatic heterocycles. The highest BCUT2D eigenvalue weighted by molar-refractivity contribution is 7.89. The number of piperidine rings is 1. The van der Waals surface area contributed by atoms with Gasteiger partial charge < -0.3 is 10.2 Å². The van der Waals surface area contributed by atoms with Gasteiger partial charge in [-0.05, 0) is 44.0 Å². The molecule has 0 unspecified atom stereocenters. The Hall–Kier alpha value is -2.38. The molecule has 1 saturated heterocycles. The van der Waals surface area contributed by atoms with E-state index >= 15 is 0 Å². The summed E-state index contributed by atoms with van der Waals surface area (Å²) in [6, 6.07) is 16.8. The second-order valence-electron chi connectivity index (χ2n) is 7.56. The number of carbonyl (C=O) groups excluding carboxylic acids is 1. The normalized spacial score (nSPS) is 17.7. The number of nitrogens with zero attached hydrogens (tertiary/aromatic N) is 2. The van der Waals surface area contributed by atoms with Crippen LogP contribution in [-0.2, 0) is 14.8 Å². The van der Waals surface area contributed by atoms with Gasteiger partial charge >= 0.3 is 0 Å². The molecular formula is C22H29N3O3S. The lowest BCUT2D eigenvalue weighted by atomic mass is 9.99. The van der Waals surface area contributed by atoms with E-state index in [2.05, 4.69) is 10.2 Å². The molecule has 0 bridgehead atoms. The van der Waals surface area contributed by atoms with E-state index in [1.165, 1.54) is 4.31 Å². The molecule has 0 radical (unpaired) electrons. The lowest BCUT2D eigenvalue weighted by molar-refractivity contribution is -0.126. The van der Waals surface area contributed by atoms with Crippen LogP contribution in [0.3, 0.4) is 0 Å². The van der Waals surface area contributed by atoms with E-state index in [1.54, 1.807) is 24.3 Å². The first-order valence-electron chi connectivity index (χ1n) is 9.98. The van der Waals surface area contributed by atoms with Crippen molar-refractivity contribution in [1.29, 1.82) is 0 Å². The maximum atomic E-state index is 12.9. The number of anilines is 1. The van der Waals surface area contributed by atoms with Gasteiger partial charge in [0, 0.05) is 38.9 Å². The molecule has 156 valence electrons. The SMILES string of the molecule is Cc1ccc(S(=O)(=O)N2CCC[C@H](C(=O)NCCN(C)c3ccccc3)C2)cc1. The van der Waals surface area contributed by atoms with E-state index in [0.717, 1.165) is 11.3 Å². The number of amides is 1. The van der Waals surface area contributed by atoms with Crippen molar-refractivity contribution in [1.82, 2.24) is 9.62 Å². The molecule has 1 amide bonds. The number of sulfonamides is 1. The molecule has 0 saturated carbocycles. The van der Waals surface area contributed by atoms with Crippen molar-refractivity contribution in [2.45, 2.75) is 24.7 Å². The molecule has 0 aliphatic carbocycles. The number of hydrogen-bond donors (Lipinski definition) is 1. The summed E-state index contributed by atoms with van der Waals surface area (Å²) in [4.78, 5) is 15.0. The average molecular weight is 416 g/mol. The predicted molar refractivity (Wildman–Crippen MR) is 115 cm³/mol. The molecule has 2 aromatic carbocycles. The van der Waals surface area contributed by atoms with Crippen LogP contribution >= 0.6 is 0 Å². The quantitative estimate of drug-likeness (QED) is 0.755. The third kappa shape index (κ3) is 5.36. The number of benzene rings is 2. The molecule has 0 spiro atoms. The first-order valence-corrected chi connectivity index (χ1v) is 11.4. The highest BCUT2D eigenvalue weighted by Gasteiger charge is 2.33. The van der Waals surface area contributed by atoms with Crippen LogP contribution < -0.4 is 10.2 Å².